The molecule has 0 aliphatic carbocycles. The Morgan fingerprint density at radius 2 is 2.27 bits per heavy atom. The Morgan fingerprint density at radius 1 is 1.53 bits per heavy atom. The van der Waals surface area contributed by atoms with Crippen LogP contribution in [0.4, 0.5) is 0 Å². The lowest BCUT2D eigenvalue weighted by Gasteiger charge is -2.22. The highest BCUT2D eigenvalue weighted by Crippen LogP contribution is 2.11. The summed E-state index contributed by atoms with van der Waals surface area (Å²) in [6.07, 6.45) is 3.95. The molecule has 1 rings (SSSR count). The minimum atomic E-state index is -0.0659. The van der Waals surface area contributed by atoms with Crippen LogP contribution in [0.1, 0.15) is 12.8 Å². The minimum absolute atomic E-state index is 0.0659. The summed E-state index contributed by atoms with van der Waals surface area (Å²) >= 11 is 0. The van der Waals surface area contributed by atoms with Crippen molar-refractivity contribution in [1.29, 1.82) is 0 Å². The first-order valence-electron chi connectivity index (χ1n) is 5.49. The summed E-state index contributed by atoms with van der Waals surface area (Å²) in [7, 11) is 0. The van der Waals surface area contributed by atoms with Gasteiger partial charge in [-0.15, -0.1) is 6.58 Å². The number of nitrogens with one attached hydrogen (secondary N) is 2. The SMILES string of the molecule is C=CCNC(=O)COCC1CCNCC1. The fourth-order valence-electron chi connectivity index (χ4n) is 1.60. The maximum absolute atomic E-state index is 11.1. The summed E-state index contributed by atoms with van der Waals surface area (Å²) in [6.45, 7) is 7.03. The monoisotopic (exact) mass is 212 g/mol. The molecule has 4 nitrogen and oxygen atoms in total. The molecule has 0 bridgehead atoms. The minimum Gasteiger partial charge on any atom is -0.371 e. The number of rotatable bonds is 6. The van der Waals surface area contributed by atoms with Crippen LogP contribution in [0, 0.1) is 5.92 Å². The van der Waals surface area contributed by atoms with Crippen LogP contribution in [0.2, 0.25) is 0 Å². The highest BCUT2D eigenvalue weighted by molar-refractivity contribution is 5.77. The quantitative estimate of drug-likeness (QED) is 0.623. The molecule has 1 fully saturated rings. The number of hydrogen-bond donors (Lipinski definition) is 2. The topological polar surface area (TPSA) is 50.4 Å². The van der Waals surface area contributed by atoms with Crippen molar-refractivity contribution >= 4 is 5.91 Å². The van der Waals surface area contributed by atoms with Crippen LogP contribution in [0.3, 0.4) is 0 Å². The molecule has 1 aliphatic rings. The molecule has 2 N–H and O–H groups in total. The number of carbonyl (C=O) groups is 1. The van der Waals surface area contributed by atoms with Gasteiger partial charge in [-0.1, -0.05) is 6.08 Å². The van der Waals surface area contributed by atoms with Crippen molar-refractivity contribution in [3.8, 4) is 0 Å². The molecule has 0 saturated carbocycles. The highest BCUT2D eigenvalue weighted by Gasteiger charge is 2.13. The van der Waals surface area contributed by atoms with Gasteiger partial charge >= 0.3 is 0 Å². The van der Waals surface area contributed by atoms with Crippen molar-refractivity contribution in [1.82, 2.24) is 10.6 Å². The molecule has 1 heterocycles. The van der Waals surface area contributed by atoms with E-state index in [9.17, 15) is 4.79 Å². The van der Waals surface area contributed by atoms with E-state index in [1.807, 2.05) is 0 Å². The molecular formula is C11H20N2O2. The molecule has 4 heteroatoms. The number of amides is 1. The smallest absolute Gasteiger partial charge is 0.246 e. The predicted molar refractivity (Wildman–Crippen MR) is 59.6 cm³/mol. The van der Waals surface area contributed by atoms with Crippen molar-refractivity contribution in [2.75, 3.05) is 32.8 Å². The van der Waals surface area contributed by atoms with Gasteiger partial charge in [-0.2, -0.15) is 0 Å². The van der Waals surface area contributed by atoms with E-state index in [0.717, 1.165) is 25.9 Å². The van der Waals surface area contributed by atoms with Crippen LogP contribution in [0.15, 0.2) is 12.7 Å². The van der Waals surface area contributed by atoms with Crippen LogP contribution in [-0.2, 0) is 9.53 Å². The van der Waals surface area contributed by atoms with Crippen molar-refractivity contribution in [3.05, 3.63) is 12.7 Å². The lowest BCUT2D eigenvalue weighted by Crippen LogP contribution is -2.32. The molecule has 0 unspecified atom stereocenters. The Morgan fingerprint density at radius 3 is 2.93 bits per heavy atom. The molecule has 1 aliphatic heterocycles. The third-order valence-corrected chi connectivity index (χ3v) is 2.49. The zero-order chi connectivity index (χ0) is 10.9. The first-order valence-corrected chi connectivity index (χ1v) is 5.49. The largest absolute Gasteiger partial charge is 0.371 e. The second kappa shape index (κ2) is 7.43. The van der Waals surface area contributed by atoms with Crippen molar-refractivity contribution in [3.63, 3.8) is 0 Å². The summed E-state index contributed by atoms with van der Waals surface area (Å²) in [5.41, 5.74) is 0. The second-order valence-electron chi connectivity index (χ2n) is 3.80. The Hall–Kier alpha value is -0.870. The Bertz CT molecular complexity index is 201. The number of hydrogen-bond acceptors (Lipinski definition) is 3. The zero-order valence-electron chi connectivity index (χ0n) is 9.13. The average molecular weight is 212 g/mol. The van der Waals surface area contributed by atoms with Gasteiger partial charge in [0, 0.05) is 6.54 Å². The highest BCUT2D eigenvalue weighted by atomic mass is 16.5. The van der Waals surface area contributed by atoms with Crippen LogP contribution in [-0.4, -0.2) is 38.8 Å². The third kappa shape index (κ3) is 5.54. The fraction of sp³-hybridized carbons (Fsp3) is 0.727. The predicted octanol–water partition coefficient (Wildman–Crippen LogP) is 0.305. The van der Waals surface area contributed by atoms with Gasteiger partial charge in [0.25, 0.3) is 0 Å². The van der Waals surface area contributed by atoms with Gasteiger partial charge in [-0.3, -0.25) is 4.79 Å². The lowest BCUT2D eigenvalue weighted by molar-refractivity contribution is -0.126. The van der Waals surface area contributed by atoms with E-state index in [1.165, 1.54) is 0 Å². The molecule has 0 aromatic heterocycles. The first kappa shape index (κ1) is 12.2. The van der Waals surface area contributed by atoms with Gasteiger partial charge in [-0.25, -0.2) is 0 Å². The van der Waals surface area contributed by atoms with E-state index in [4.69, 9.17) is 4.74 Å². The molecule has 0 atom stereocenters. The van der Waals surface area contributed by atoms with Crippen molar-refractivity contribution in [2.24, 2.45) is 5.92 Å². The second-order valence-corrected chi connectivity index (χ2v) is 3.80. The van der Waals surface area contributed by atoms with E-state index in [1.54, 1.807) is 6.08 Å². The van der Waals surface area contributed by atoms with Crippen molar-refractivity contribution in [2.45, 2.75) is 12.8 Å². The number of piperidine rings is 1. The molecule has 0 aromatic rings. The van der Waals surface area contributed by atoms with Gasteiger partial charge in [0.2, 0.25) is 5.91 Å². The summed E-state index contributed by atoms with van der Waals surface area (Å²) in [4.78, 5) is 11.1. The van der Waals surface area contributed by atoms with E-state index in [0.29, 0.717) is 19.1 Å². The molecular weight excluding hydrogens is 192 g/mol. The summed E-state index contributed by atoms with van der Waals surface area (Å²) < 4.78 is 5.36. The molecule has 86 valence electrons. The summed E-state index contributed by atoms with van der Waals surface area (Å²) in [5, 5.41) is 5.97. The average Bonchev–Trinajstić information content (AvgIpc) is 2.28. The van der Waals surface area contributed by atoms with E-state index in [2.05, 4.69) is 17.2 Å². The standard InChI is InChI=1S/C11H20N2O2/c1-2-5-13-11(14)9-15-8-10-3-6-12-7-4-10/h2,10,12H,1,3-9H2,(H,13,14). The third-order valence-electron chi connectivity index (χ3n) is 2.49. The first-order chi connectivity index (χ1) is 7.33. The summed E-state index contributed by atoms with van der Waals surface area (Å²) in [5.74, 6) is 0.544. The van der Waals surface area contributed by atoms with Crippen LogP contribution in [0.25, 0.3) is 0 Å². The van der Waals surface area contributed by atoms with E-state index >= 15 is 0 Å². The zero-order valence-corrected chi connectivity index (χ0v) is 9.13. The van der Waals surface area contributed by atoms with Gasteiger partial charge in [0.05, 0.1) is 6.61 Å². The number of ether oxygens (including phenoxy) is 1. The molecule has 1 amide bonds. The van der Waals surface area contributed by atoms with Gasteiger partial charge < -0.3 is 15.4 Å². The molecule has 0 spiro atoms. The normalized spacial score (nSPS) is 17.3. The van der Waals surface area contributed by atoms with E-state index in [-0.39, 0.29) is 12.5 Å². The molecule has 1 saturated heterocycles. The van der Waals surface area contributed by atoms with Crippen LogP contribution in [0.5, 0.6) is 0 Å². The number of carbonyl (C=O) groups excluding carboxylic acids is 1. The van der Waals surface area contributed by atoms with Crippen LogP contribution < -0.4 is 10.6 Å². The van der Waals surface area contributed by atoms with E-state index < -0.39 is 0 Å². The Kier molecular flexibility index (Phi) is 6.04. The lowest BCUT2D eigenvalue weighted by atomic mass is 9.99. The van der Waals surface area contributed by atoms with Gasteiger partial charge in [-0.05, 0) is 31.8 Å². The summed E-state index contributed by atoms with van der Waals surface area (Å²) in [6, 6.07) is 0. The molecule has 0 aromatic carbocycles. The Balaban J connectivity index is 1.99. The van der Waals surface area contributed by atoms with Gasteiger partial charge in [0.1, 0.15) is 6.61 Å². The van der Waals surface area contributed by atoms with Crippen molar-refractivity contribution < 1.29 is 9.53 Å². The fourth-order valence-corrected chi connectivity index (χ4v) is 1.60. The van der Waals surface area contributed by atoms with Gasteiger partial charge in [0.15, 0.2) is 0 Å². The Labute approximate surface area is 91.1 Å². The van der Waals surface area contributed by atoms with Crippen LogP contribution >= 0.6 is 0 Å². The molecule has 0 radical (unpaired) electrons. The maximum atomic E-state index is 11.1. The maximum Gasteiger partial charge on any atom is 0.246 e. The molecule has 15 heavy (non-hydrogen) atoms.